The van der Waals surface area contributed by atoms with Gasteiger partial charge in [0.1, 0.15) is 6.54 Å². The Morgan fingerprint density at radius 1 is 1.23 bits per heavy atom. The van der Waals surface area contributed by atoms with Crippen molar-refractivity contribution < 1.29 is 9.21 Å². The van der Waals surface area contributed by atoms with Gasteiger partial charge in [-0.25, -0.2) is 4.79 Å². The maximum absolute atomic E-state index is 12.1. The number of rotatable bonds is 3. The molecular weight excluding hydrogens is 372 g/mol. The standard InChI is InChI=1S/C15H10BrClN2O3/c16-9-1-4-11(5-2-9)18-14(20)8-19-12-6-3-10(17)7-13(12)22-15(19)21/h1-7H,8H2,(H,18,20). The van der Waals surface area contributed by atoms with Crippen molar-refractivity contribution in [2.75, 3.05) is 5.32 Å². The van der Waals surface area contributed by atoms with E-state index in [9.17, 15) is 9.59 Å². The van der Waals surface area contributed by atoms with E-state index in [-0.39, 0.29) is 12.5 Å². The number of hydrogen-bond acceptors (Lipinski definition) is 3. The molecule has 112 valence electrons. The lowest BCUT2D eigenvalue weighted by molar-refractivity contribution is -0.116. The van der Waals surface area contributed by atoms with Crippen LogP contribution in [0.15, 0.2) is 56.1 Å². The molecule has 1 heterocycles. The number of amides is 1. The van der Waals surface area contributed by atoms with Crippen LogP contribution in [0.25, 0.3) is 11.1 Å². The Labute approximate surface area is 138 Å². The molecule has 0 saturated carbocycles. The van der Waals surface area contributed by atoms with Crippen molar-refractivity contribution in [1.82, 2.24) is 4.57 Å². The van der Waals surface area contributed by atoms with Crippen LogP contribution in [0, 0.1) is 0 Å². The Kier molecular flexibility index (Phi) is 4.04. The highest BCUT2D eigenvalue weighted by Gasteiger charge is 2.13. The Balaban J connectivity index is 1.83. The number of hydrogen-bond donors (Lipinski definition) is 1. The molecule has 3 rings (SSSR count). The van der Waals surface area contributed by atoms with Crippen LogP contribution in [0.2, 0.25) is 5.02 Å². The smallest absolute Gasteiger partial charge is 0.408 e. The van der Waals surface area contributed by atoms with Gasteiger partial charge < -0.3 is 9.73 Å². The quantitative estimate of drug-likeness (QED) is 0.753. The average Bonchev–Trinajstić information content (AvgIpc) is 2.77. The van der Waals surface area contributed by atoms with E-state index >= 15 is 0 Å². The van der Waals surface area contributed by atoms with Crippen LogP contribution in [-0.2, 0) is 11.3 Å². The number of aromatic nitrogens is 1. The molecule has 0 fully saturated rings. The van der Waals surface area contributed by atoms with Crippen molar-refractivity contribution in [3.63, 3.8) is 0 Å². The van der Waals surface area contributed by atoms with Crippen LogP contribution >= 0.6 is 27.5 Å². The van der Waals surface area contributed by atoms with E-state index in [1.807, 2.05) is 12.1 Å². The van der Waals surface area contributed by atoms with Gasteiger partial charge in [-0.1, -0.05) is 27.5 Å². The molecule has 0 aliphatic heterocycles. The molecule has 5 nitrogen and oxygen atoms in total. The molecule has 0 atom stereocenters. The first-order chi connectivity index (χ1) is 10.5. The van der Waals surface area contributed by atoms with Crippen molar-refractivity contribution in [1.29, 1.82) is 0 Å². The van der Waals surface area contributed by atoms with Crippen molar-refractivity contribution in [3.05, 3.63) is 62.5 Å². The fraction of sp³-hybridized carbons (Fsp3) is 0.0667. The van der Waals surface area contributed by atoms with Gasteiger partial charge in [-0.05, 0) is 36.4 Å². The Bertz CT molecular complexity index is 899. The minimum absolute atomic E-state index is 0.135. The summed E-state index contributed by atoms with van der Waals surface area (Å²) in [7, 11) is 0. The Morgan fingerprint density at radius 3 is 2.68 bits per heavy atom. The zero-order chi connectivity index (χ0) is 15.7. The zero-order valence-corrected chi connectivity index (χ0v) is 13.5. The monoisotopic (exact) mass is 380 g/mol. The number of benzene rings is 2. The van der Waals surface area contributed by atoms with Gasteiger partial charge >= 0.3 is 5.76 Å². The number of nitrogens with zero attached hydrogens (tertiary/aromatic N) is 1. The second-order valence-corrected chi connectivity index (χ2v) is 5.97. The van der Waals surface area contributed by atoms with Crippen molar-refractivity contribution in [2.45, 2.75) is 6.54 Å². The highest BCUT2D eigenvalue weighted by atomic mass is 79.9. The largest absolute Gasteiger partial charge is 0.420 e. The molecule has 2 aromatic carbocycles. The molecule has 0 unspecified atom stereocenters. The van der Waals surface area contributed by atoms with Crippen LogP contribution in [-0.4, -0.2) is 10.5 Å². The summed E-state index contributed by atoms with van der Waals surface area (Å²) in [5, 5.41) is 3.19. The summed E-state index contributed by atoms with van der Waals surface area (Å²) in [4.78, 5) is 23.9. The molecule has 22 heavy (non-hydrogen) atoms. The maximum Gasteiger partial charge on any atom is 0.420 e. The molecule has 0 spiro atoms. The first-order valence-corrected chi connectivity index (χ1v) is 7.54. The molecule has 7 heteroatoms. The molecule has 1 aromatic heterocycles. The summed E-state index contributed by atoms with van der Waals surface area (Å²) in [5.74, 6) is -0.912. The average molecular weight is 382 g/mol. The number of nitrogens with one attached hydrogen (secondary N) is 1. The van der Waals surface area contributed by atoms with Crippen molar-refractivity contribution >= 4 is 50.2 Å². The van der Waals surface area contributed by atoms with Crippen molar-refractivity contribution in [2.24, 2.45) is 0 Å². The van der Waals surface area contributed by atoms with Gasteiger partial charge in [0.2, 0.25) is 5.91 Å². The minimum Gasteiger partial charge on any atom is -0.408 e. The van der Waals surface area contributed by atoms with E-state index in [1.54, 1.807) is 30.3 Å². The Morgan fingerprint density at radius 2 is 1.95 bits per heavy atom. The first-order valence-electron chi connectivity index (χ1n) is 6.37. The fourth-order valence-electron chi connectivity index (χ4n) is 2.07. The van der Waals surface area contributed by atoms with Gasteiger partial charge in [-0.15, -0.1) is 0 Å². The van der Waals surface area contributed by atoms with E-state index in [4.69, 9.17) is 16.0 Å². The number of carbonyl (C=O) groups excluding carboxylic acids is 1. The molecule has 1 amide bonds. The molecule has 0 bridgehead atoms. The van der Waals surface area contributed by atoms with Crippen LogP contribution < -0.4 is 11.1 Å². The second-order valence-electron chi connectivity index (χ2n) is 4.62. The third kappa shape index (κ3) is 3.08. The lowest BCUT2D eigenvalue weighted by atomic mass is 10.3. The molecule has 0 aliphatic rings. The fourth-order valence-corrected chi connectivity index (χ4v) is 2.49. The van der Waals surface area contributed by atoms with E-state index in [0.717, 1.165) is 4.47 Å². The normalized spacial score (nSPS) is 10.8. The third-order valence-corrected chi connectivity index (χ3v) is 3.82. The van der Waals surface area contributed by atoms with Gasteiger partial charge in [0.15, 0.2) is 5.58 Å². The molecule has 0 saturated heterocycles. The third-order valence-electron chi connectivity index (χ3n) is 3.06. The van der Waals surface area contributed by atoms with Gasteiger partial charge in [0, 0.05) is 21.2 Å². The predicted molar refractivity (Wildman–Crippen MR) is 88.3 cm³/mol. The van der Waals surface area contributed by atoms with E-state index in [0.29, 0.717) is 21.8 Å². The summed E-state index contributed by atoms with van der Waals surface area (Å²) >= 11 is 9.17. The van der Waals surface area contributed by atoms with E-state index in [1.165, 1.54) is 4.57 Å². The SMILES string of the molecule is O=C(Cn1c(=O)oc2cc(Cl)ccc21)Nc1ccc(Br)cc1. The topological polar surface area (TPSA) is 64.2 Å². The van der Waals surface area contributed by atoms with Gasteiger partial charge in [0.05, 0.1) is 5.52 Å². The summed E-state index contributed by atoms with van der Waals surface area (Å²) in [6, 6.07) is 12.0. The van der Waals surface area contributed by atoms with Crippen LogP contribution in [0.1, 0.15) is 0 Å². The number of carbonyl (C=O) groups is 1. The van der Waals surface area contributed by atoms with Crippen LogP contribution in [0.5, 0.6) is 0 Å². The molecule has 0 aliphatic carbocycles. The highest BCUT2D eigenvalue weighted by Crippen LogP contribution is 2.18. The molecule has 1 N–H and O–H groups in total. The van der Waals surface area contributed by atoms with E-state index < -0.39 is 5.76 Å². The van der Waals surface area contributed by atoms with Crippen LogP contribution in [0.3, 0.4) is 0 Å². The van der Waals surface area contributed by atoms with Gasteiger partial charge in [-0.3, -0.25) is 9.36 Å². The predicted octanol–water partition coefficient (Wildman–Crippen LogP) is 3.65. The summed E-state index contributed by atoms with van der Waals surface area (Å²) in [5.41, 5.74) is 1.53. The summed E-state index contributed by atoms with van der Waals surface area (Å²) < 4.78 is 7.26. The lowest BCUT2D eigenvalue weighted by Gasteiger charge is -2.05. The second kappa shape index (κ2) is 5.98. The minimum atomic E-state index is -0.594. The lowest BCUT2D eigenvalue weighted by Crippen LogP contribution is -2.24. The number of oxazole rings is 1. The van der Waals surface area contributed by atoms with Crippen LogP contribution in [0.4, 0.5) is 5.69 Å². The van der Waals surface area contributed by atoms with Gasteiger partial charge in [0.25, 0.3) is 0 Å². The molecular formula is C15H10BrClN2O3. The molecule has 3 aromatic rings. The summed E-state index contributed by atoms with van der Waals surface area (Å²) in [6.07, 6.45) is 0. The number of anilines is 1. The first kappa shape index (κ1) is 14.9. The zero-order valence-electron chi connectivity index (χ0n) is 11.2. The number of fused-ring (bicyclic) bond motifs is 1. The Hall–Kier alpha value is -2.05. The maximum atomic E-state index is 12.1. The van der Waals surface area contributed by atoms with Crippen molar-refractivity contribution in [3.8, 4) is 0 Å². The molecule has 0 radical (unpaired) electrons. The highest BCUT2D eigenvalue weighted by molar-refractivity contribution is 9.10. The number of halogens is 2. The summed E-state index contributed by atoms with van der Waals surface area (Å²) in [6.45, 7) is -0.135. The van der Waals surface area contributed by atoms with E-state index in [2.05, 4.69) is 21.2 Å². The van der Waals surface area contributed by atoms with Gasteiger partial charge in [-0.2, -0.15) is 0 Å².